The van der Waals surface area contributed by atoms with E-state index in [1.807, 2.05) is 30.3 Å². The van der Waals surface area contributed by atoms with Crippen molar-refractivity contribution < 1.29 is 14.9 Å². The van der Waals surface area contributed by atoms with Gasteiger partial charge in [-0.25, -0.2) is 0 Å². The molecule has 3 aromatic rings. The predicted octanol–water partition coefficient (Wildman–Crippen LogP) is 4.58. The van der Waals surface area contributed by atoms with E-state index >= 15 is 0 Å². The monoisotopic (exact) mass is 300 g/mol. The van der Waals surface area contributed by atoms with Crippen molar-refractivity contribution in [1.29, 1.82) is 0 Å². The van der Waals surface area contributed by atoms with Crippen molar-refractivity contribution in [1.82, 2.24) is 0 Å². The third-order valence-corrected chi connectivity index (χ3v) is 3.65. The van der Waals surface area contributed by atoms with E-state index in [1.165, 1.54) is 13.2 Å². The Hall–Kier alpha value is -2.39. The molecule has 0 aromatic heterocycles. The van der Waals surface area contributed by atoms with Gasteiger partial charge in [0.25, 0.3) is 0 Å². The number of hydrogen-bond donors (Lipinski definition) is 2. The molecule has 0 unspecified atom stereocenters. The quantitative estimate of drug-likeness (QED) is 0.728. The fourth-order valence-electron chi connectivity index (χ4n) is 2.46. The first-order chi connectivity index (χ1) is 10.1. The minimum absolute atomic E-state index is 0.0476. The number of hydrogen-bond acceptors (Lipinski definition) is 3. The molecule has 0 saturated carbocycles. The van der Waals surface area contributed by atoms with Crippen molar-refractivity contribution >= 4 is 22.4 Å². The highest BCUT2D eigenvalue weighted by Crippen LogP contribution is 2.45. The lowest BCUT2D eigenvalue weighted by atomic mass is 9.96. The van der Waals surface area contributed by atoms with E-state index in [9.17, 15) is 10.2 Å². The van der Waals surface area contributed by atoms with Gasteiger partial charge in [0.05, 0.1) is 7.11 Å². The van der Waals surface area contributed by atoms with Crippen LogP contribution in [0.5, 0.6) is 17.2 Å². The highest BCUT2D eigenvalue weighted by molar-refractivity contribution is 6.31. The molecule has 0 heterocycles. The number of phenols is 2. The summed E-state index contributed by atoms with van der Waals surface area (Å²) in [7, 11) is 1.46. The Morgan fingerprint density at radius 1 is 1.00 bits per heavy atom. The highest BCUT2D eigenvalue weighted by Gasteiger charge is 2.17. The van der Waals surface area contributed by atoms with Gasteiger partial charge in [-0.15, -0.1) is 0 Å². The van der Waals surface area contributed by atoms with Crippen LogP contribution in [0.1, 0.15) is 0 Å². The Morgan fingerprint density at radius 3 is 2.52 bits per heavy atom. The number of halogens is 1. The number of aromatic hydroxyl groups is 2. The van der Waals surface area contributed by atoms with Gasteiger partial charge in [-0.2, -0.15) is 0 Å². The van der Waals surface area contributed by atoms with E-state index in [4.69, 9.17) is 16.3 Å². The zero-order chi connectivity index (χ0) is 15.0. The molecule has 0 aliphatic rings. The summed E-state index contributed by atoms with van der Waals surface area (Å²) in [6, 6.07) is 14.2. The van der Waals surface area contributed by atoms with Crippen molar-refractivity contribution in [2.75, 3.05) is 7.11 Å². The highest BCUT2D eigenvalue weighted by atomic mass is 35.5. The van der Waals surface area contributed by atoms with Crippen LogP contribution < -0.4 is 4.74 Å². The topological polar surface area (TPSA) is 49.7 Å². The normalized spacial score (nSPS) is 10.8. The second kappa shape index (κ2) is 5.19. The molecule has 0 fully saturated rings. The summed E-state index contributed by atoms with van der Waals surface area (Å²) < 4.78 is 5.12. The third kappa shape index (κ3) is 2.26. The molecule has 4 heteroatoms. The van der Waals surface area contributed by atoms with E-state index < -0.39 is 0 Å². The molecule has 0 aliphatic heterocycles. The van der Waals surface area contributed by atoms with Crippen LogP contribution in [0.2, 0.25) is 5.02 Å². The van der Waals surface area contributed by atoms with Crippen LogP contribution in [0.25, 0.3) is 21.9 Å². The molecular formula is C17H13ClO3. The Kier molecular flexibility index (Phi) is 3.35. The minimum atomic E-state index is -0.0476. The van der Waals surface area contributed by atoms with Crippen molar-refractivity contribution in [3.63, 3.8) is 0 Å². The van der Waals surface area contributed by atoms with Gasteiger partial charge in [-0.1, -0.05) is 41.9 Å². The summed E-state index contributed by atoms with van der Waals surface area (Å²) in [6.45, 7) is 0. The van der Waals surface area contributed by atoms with Gasteiger partial charge < -0.3 is 14.9 Å². The molecule has 2 N–H and O–H groups in total. The maximum absolute atomic E-state index is 10.4. The number of benzene rings is 3. The van der Waals surface area contributed by atoms with Gasteiger partial charge in [-0.3, -0.25) is 0 Å². The largest absolute Gasteiger partial charge is 0.507 e. The average Bonchev–Trinajstić information content (AvgIpc) is 2.49. The number of rotatable bonds is 2. The molecule has 3 aromatic carbocycles. The van der Waals surface area contributed by atoms with Crippen molar-refractivity contribution in [3.05, 3.63) is 53.6 Å². The molecule has 3 rings (SSSR count). The molecule has 0 radical (unpaired) electrons. The van der Waals surface area contributed by atoms with Crippen LogP contribution in [-0.4, -0.2) is 17.3 Å². The van der Waals surface area contributed by atoms with Crippen LogP contribution in [0.15, 0.2) is 48.5 Å². The van der Waals surface area contributed by atoms with Gasteiger partial charge in [-0.05, 0) is 22.9 Å². The maximum Gasteiger partial charge on any atom is 0.165 e. The lowest BCUT2D eigenvalue weighted by molar-refractivity contribution is 0.374. The summed E-state index contributed by atoms with van der Waals surface area (Å²) in [5, 5.41) is 22.8. The van der Waals surface area contributed by atoms with Crippen molar-refractivity contribution in [2.45, 2.75) is 0 Å². The molecule has 0 aliphatic carbocycles. The maximum atomic E-state index is 10.4. The van der Waals surface area contributed by atoms with Crippen LogP contribution in [0.4, 0.5) is 0 Å². The van der Waals surface area contributed by atoms with Gasteiger partial charge in [0.15, 0.2) is 11.5 Å². The smallest absolute Gasteiger partial charge is 0.165 e. The standard InChI is InChI=1S/C17H13ClO3/c1-21-15-9-11(18)8-13(17(15)20)16-12-5-3-2-4-10(12)6-7-14(16)19/h2-9,19-20H,1H3. The summed E-state index contributed by atoms with van der Waals surface area (Å²) in [5.74, 6) is 0.298. The van der Waals surface area contributed by atoms with E-state index in [0.29, 0.717) is 16.1 Å². The number of phenolic OH excluding ortho intramolecular Hbond substituents is 2. The lowest BCUT2D eigenvalue weighted by Crippen LogP contribution is -1.89. The fraction of sp³-hybridized carbons (Fsp3) is 0.0588. The van der Waals surface area contributed by atoms with Crippen molar-refractivity contribution in [2.24, 2.45) is 0 Å². The number of methoxy groups -OCH3 is 1. The second-order valence-electron chi connectivity index (χ2n) is 4.69. The van der Waals surface area contributed by atoms with Gasteiger partial charge in [0.1, 0.15) is 5.75 Å². The molecule has 106 valence electrons. The predicted molar refractivity (Wildman–Crippen MR) is 84.3 cm³/mol. The fourth-order valence-corrected chi connectivity index (χ4v) is 2.67. The average molecular weight is 301 g/mol. The van der Waals surface area contributed by atoms with Crippen LogP contribution >= 0.6 is 11.6 Å². The van der Waals surface area contributed by atoms with Crippen molar-refractivity contribution in [3.8, 4) is 28.4 Å². The van der Waals surface area contributed by atoms with Gasteiger partial charge >= 0.3 is 0 Å². The first-order valence-corrected chi connectivity index (χ1v) is 6.77. The Bertz CT molecular complexity index is 828. The Labute approximate surface area is 127 Å². The number of fused-ring (bicyclic) bond motifs is 1. The zero-order valence-corrected chi connectivity index (χ0v) is 12.1. The first kappa shape index (κ1) is 13.6. The molecule has 21 heavy (non-hydrogen) atoms. The third-order valence-electron chi connectivity index (χ3n) is 3.44. The summed E-state index contributed by atoms with van der Waals surface area (Å²) in [6.07, 6.45) is 0. The molecule has 0 atom stereocenters. The minimum Gasteiger partial charge on any atom is -0.507 e. The lowest BCUT2D eigenvalue weighted by Gasteiger charge is -2.13. The molecule has 0 amide bonds. The van der Waals surface area contributed by atoms with E-state index in [2.05, 4.69) is 0 Å². The number of ether oxygens (including phenoxy) is 1. The molecule has 0 saturated heterocycles. The van der Waals surface area contributed by atoms with Crippen LogP contribution in [-0.2, 0) is 0 Å². The SMILES string of the molecule is COc1cc(Cl)cc(-c2c(O)ccc3ccccc23)c1O. The van der Waals surface area contributed by atoms with Crippen LogP contribution in [0.3, 0.4) is 0 Å². The van der Waals surface area contributed by atoms with E-state index in [1.54, 1.807) is 12.1 Å². The van der Waals surface area contributed by atoms with Gasteiger partial charge in [0, 0.05) is 22.2 Å². The Morgan fingerprint density at radius 2 is 1.76 bits per heavy atom. The summed E-state index contributed by atoms with van der Waals surface area (Å²) in [4.78, 5) is 0. The summed E-state index contributed by atoms with van der Waals surface area (Å²) in [5.41, 5.74) is 0.972. The molecule has 0 bridgehead atoms. The van der Waals surface area contributed by atoms with Gasteiger partial charge in [0.2, 0.25) is 0 Å². The molecular weight excluding hydrogens is 288 g/mol. The molecule has 0 spiro atoms. The second-order valence-corrected chi connectivity index (χ2v) is 5.12. The van der Waals surface area contributed by atoms with E-state index in [-0.39, 0.29) is 17.2 Å². The van der Waals surface area contributed by atoms with E-state index in [0.717, 1.165) is 10.8 Å². The molecule has 3 nitrogen and oxygen atoms in total. The zero-order valence-electron chi connectivity index (χ0n) is 11.3. The van der Waals surface area contributed by atoms with Crippen LogP contribution in [0, 0.1) is 0 Å². The summed E-state index contributed by atoms with van der Waals surface area (Å²) >= 11 is 6.08. The Balaban J connectivity index is 2.40. The first-order valence-electron chi connectivity index (χ1n) is 6.39.